The average molecular weight is 356 g/mol. The van der Waals surface area contributed by atoms with Crippen molar-refractivity contribution in [2.24, 2.45) is 0 Å². The van der Waals surface area contributed by atoms with Gasteiger partial charge >= 0.3 is 0 Å². The van der Waals surface area contributed by atoms with Crippen LogP contribution in [0.4, 0.5) is 0 Å². The lowest BCUT2D eigenvalue weighted by atomic mass is 10.1. The monoisotopic (exact) mass is 356 g/mol. The van der Waals surface area contributed by atoms with E-state index in [1.807, 2.05) is 60.7 Å². The second kappa shape index (κ2) is 6.85. The van der Waals surface area contributed by atoms with Gasteiger partial charge in [-0.25, -0.2) is 0 Å². The van der Waals surface area contributed by atoms with Gasteiger partial charge in [0.2, 0.25) is 5.43 Å². The van der Waals surface area contributed by atoms with Gasteiger partial charge in [0, 0.05) is 0 Å². The summed E-state index contributed by atoms with van der Waals surface area (Å²) in [6, 6.07) is 21.0. The zero-order valence-corrected chi connectivity index (χ0v) is 14.7. The van der Waals surface area contributed by atoms with E-state index in [-0.39, 0.29) is 11.0 Å². The molecule has 0 amide bonds. The summed E-state index contributed by atoms with van der Waals surface area (Å²) in [4.78, 5) is 18.6. The number of nitrogens with zero attached hydrogens (tertiary/aromatic N) is 2. The fraction of sp³-hybridized carbons (Fsp3) is 0.0909. The Bertz CT molecular complexity index is 1240. The second-order valence-corrected chi connectivity index (χ2v) is 6.15. The SMILES string of the molecule is COc1ccc2cc3c(cc2c1)c(=O)c(C#N)cn3OCc1ccccc1. The number of nitriles is 1. The number of fused-ring (bicyclic) bond motifs is 2. The Hall–Kier alpha value is -3.78. The standard InChI is InChI=1S/C22H16N2O3/c1-26-19-8-7-16-11-21-20(10-17(16)9-19)22(25)18(12-23)13-24(21)27-14-15-5-3-2-4-6-15/h2-11,13H,14H2,1H3. The van der Waals surface area contributed by atoms with E-state index >= 15 is 0 Å². The smallest absolute Gasteiger partial charge is 0.207 e. The van der Waals surface area contributed by atoms with Crippen LogP contribution in [-0.4, -0.2) is 11.8 Å². The normalized spacial score (nSPS) is 10.7. The van der Waals surface area contributed by atoms with Crippen molar-refractivity contribution in [1.29, 1.82) is 5.26 Å². The molecule has 1 heterocycles. The topological polar surface area (TPSA) is 64.2 Å². The van der Waals surface area contributed by atoms with Crippen molar-refractivity contribution < 1.29 is 9.57 Å². The number of aromatic nitrogens is 1. The Morgan fingerprint density at radius 3 is 2.59 bits per heavy atom. The minimum atomic E-state index is -0.309. The van der Waals surface area contributed by atoms with Crippen LogP contribution in [0.1, 0.15) is 11.1 Å². The van der Waals surface area contributed by atoms with Crippen LogP contribution in [-0.2, 0) is 6.61 Å². The minimum Gasteiger partial charge on any atom is -0.497 e. The highest BCUT2D eigenvalue weighted by Crippen LogP contribution is 2.25. The average Bonchev–Trinajstić information content (AvgIpc) is 2.72. The first-order chi connectivity index (χ1) is 13.2. The summed E-state index contributed by atoms with van der Waals surface area (Å²) in [5, 5.41) is 11.6. The highest BCUT2D eigenvalue weighted by Gasteiger charge is 2.12. The predicted molar refractivity (Wildman–Crippen MR) is 104 cm³/mol. The molecule has 0 bridgehead atoms. The molecule has 0 saturated heterocycles. The Kier molecular flexibility index (Phi) is 4.23. The van der Waals surface area contributed by atoms with Crippen molar-refractivity contribution in [1.82, 2.24) is 4.73 Å². The molecule has 0 atom stereocenters. The summed E-state index contributed by atoms with van der Waals surface area (Å²) in [6.07, 6.45) is 1.45. The number of pyridine rings is 1. The predicted octanol–water partition coefficient (Wildman–Crippen LogP) is 3.66. The van der Waals surface area contributed by atoms with Gasteiger partial charge in [0.05, 0.1) is 24.2 Å². The Balaban J connectivity index is 1.89. The van der Waals surface area contributed by atoms with Crippen LogP contribution in [0.15, 0.2) is 71.7 Å². The first-order valence-corrected chi connectivity index (χ1v) is 8.44. The zero-order chi connectivity index (χ0) is 18.8. The molecule has 4 aromatic rings. The fourth-order valence-corrected chi connectivity index (χ4v) is 3.05. The van der Waals surface area contributed by atoms with E-state index in [4.69, 9.17) is 9.57 Å². The van der Waals surface area contributed by atoms with Crippen LogP contribution >= 0.6 is 0 Å². The molecule has 0 spiro atoms. The Labute approximate surface area is 155 Å². The molecular formula is C22H16N2O3. The molecule has 1 aromatic heterocycles. The van der Waals surface area contributed by atoms with Gasteiger partial charge in [-0.15, -0.1) is 0 Å². The molecule has 0 N–H and O–H groups in total. The summed E-state index contributed by atoms with van der Waals surface area (Å²) in [5.41, 5.74) is 1.34. The van der Waals surface area contributed by atoms with Crippen molar-refractivity contribution in [2.75, 3.05) is 7.11 Å². The maximum atomic E-state index is 12.7. The molecule has 0 aliphatic rings. The largest absolute Gasteiger partial charge is 0.497 e. The third-order valence-electron chi connectivity index (χ3n) is 4.47. The molecule has 4 rings (SSSR count). The van der Waals surface area contributed by atoms with Crippen molar-refractivity contribution in [3.63, 3.8) is 0 Å². The minimum absolute atomic E-state index is 0.0396. The molecule has 27 heavy (non-hydrogen) atoms. The number of benzene rings is 3. The van der Waals surface area contributed by atoms with Gasteiger partial charge in [-0.1, -0.05) is 36.4 Å². The number of methoxy groups -OCH3 is 1. The molecule has 0 aliphatic carbocycles. The molecule has 3 aromatic carbocycles. The molecule has 132 valence electrons. The van der Waals surface area contributed by atoms with Crippen molar-refractivity contribution in [3.8, 4) is 11.8 Å². The summed E-state index contributed by atoms with van der Waals surface area (Å²) in [5.74, 6) is 0.707. The second-order valence-electron chi connectivity index (χ2n) is 6.15. The maximum Gasteiger partial charge on any atom is 0.207 e. The summed E-state index contributed by atoms with van der Waals surface area (Å²) >= 11 is 0. The molecule has 0 fully saturated rings. The van der Waals surface area contributed by atoms with Gasteiger partial charge in [-0.2, -0.15) is 9.99 Å². The van der Waals surface area contributed by atoms with E-state index in [1.54, 1.807) is 13.2 Å². The van der Waals surface area contributed by atoms with Crippen molar-refractivity contribution in [2.45, 2.75) is 6.61 Å². The first kappa shape index (κ1) is 16.7. The van der Waals surface area contributed by atoms with Crippen LogP contribution in [0.25, 0.3) is 21.7 Å². The first-order valence-electron chi connectivity index (χ1n) is 8.44. The van der Waals surface area contributed by atoms with Gasteiger partial charge in [-0.3, -0.25) is 4.79 Å². The van der Waals surface area contributed by atoms with Gasteiger partial charge in [-0.05, 0) is 40.6 Å². The summed E-state index contributed by atoms with van der Waals surface area (Å²) < 4.78 is 6.77. The van der Waals surface area contributed by atoms with Gasteiger partial charge in [0.1, 0.15) is 24.0 Å². The number of rotatable bonds is 4. The molecule has 0 radical (unpaired) electrons. The lowest BCUT2D eigenvalue weighted by Crippen LogP contribution is -2.18. The van der Waals surface area contributed by atoms with Crippen LogP contribution < -0.4 is 15.0 Å². The lowest BCUT2D eigenvalue weighted by molar-refractivity contribution is 0.106. The fourth-order valence-electron chi connectivity index (χ4n) is 3.05. The highest BCUT2D eigenvalue weighted by atomic mass is 16.7. The van der Waals surface area contributed by atoms with Gasteiger partial charge in [0.15, 0.2) is 0 Å². The van der Waals surface area contributed by atoms with E-state index in [0.29, 0.717) is 23.3 Å². The lowest BCUT2D eigenvalue weighted by Gasteiger charge is -2.14. The van der Waals surface area contributed by atoms with Crippen molar-refractivity contribution >= 4 is 21.7 Å². The number of ether oxygens (including phenoxy) is 1. The molecule has 0 saturated carbocycles. The highest BCUT2D eigenvalue weighted by molar-refractivity contribution is 5.97. The van der Waals surface area contributed by atoms with E-state index < -0.39 is 0 Å². The third-order valence-corrected chi connectivity index (χ3v) is 4.47. The van der Waals surface area contributed by atoms with Crippen LogP contribution in [0.5, 0.6) is 5.75 Å². The van der Waals surface area contributed by atoms with E-state index in [2.05, 4.69) is 0 Å². The number of hydrogen-bond acceptors (Lipinski definition) is 4. The van der Waals surface area contributed by atoms with Crippen LogP contribution in [0.2, 0.25) is 0 Å². The van der Waals surface area contributed by atoms with Crippen molar-refractivity contribution in [3.05, 3.63) is 88.2 Å². The van der Waals surface area contributed by atoms with E-state index in [1.165, 1.54) is 10.9 Å². The van der Waals surface area contributed by atoms with Gasteiger partial charge in [0.25, 0.3) is 0 Å². The summed E-state index contributed by atoms with van der Waals surface area (Å²) in [7, 11) is 1.60. The Morgan fingerprint density at radius 1 is 1.04 bits per heavy atom. The molecule has 5 nitrogen and oxygen atoms in total. The molecule has 0 aliphatic heterocycles. The maximum absolute atomic E-state index is 12.7. The molecule has 5 heteroatoms. The number of hydrogen-bond donors (Lipinski definition) is 0. The van der Waals surface area contributed by atoms with E-state index in [9.17, 15) is 10.1 Å². The van der Waals surface area contributed by atoms with Crippen LogP contribution in [0.3, 0.4) is 0 Å². The van der Waals surface area contributed by atoms with Gasteiger partial charge < -0.3 is 9.57 Å². The van der Waals surface area contributed by atoms with Crippen LogP contribution in [0, 0.1) is 11.3 Å². The Morgan fingerprint density at radius 2 is 1.85 bits per heavy atom. The zero-order valence-electron chi connectivity index (χ0n) is 14.7. The summed E-state index contributed by atoms with van der Waals surface area (Å²) in [6.45, 7) is 0.324. The molecular weight excluding hydrogens is 340 g/mol. The quantitative estimate of drug-likeness (QED) is 0.524. The van der Waals surface area contributed by atoms with E-state index in [0.717, 1.165) is 16.3 Å². The molecule has 0 unspecified atom stereocenters. The third kappa shape index (κ3) is 3.09.